The maximum absolute atomic E-state index is 12.1. The summed E-state index contributed by atoms with van der Waals surface area (Å²) in [6, 6.07) is 9.85. The summed E-state index contributed by atoms with van der Waals surface area (Å²) in [4.78, 5) is 22.6. The van der Waals surface area contributed by atoms with Gasteiger partial charge in [0.1, 0.15) is 11.4 Å². The van der Waals surface area contributed by atoms with Crippen LogP contribution in [0.25, 0.3) is 0 Å². The van der Waals surface area contributed by atoms with E-state index in [1.165, 1.54) is 12.1 Å². The summed E-state index contributed by atoms with van der Waals surface area (Å²) < 4.78 is 6.65. The van der Waals surface area contributed by atoms with Gasteiger partial charge in [0.15, 0.2) is 6.61 Å². The molecule has 0 heterocycles. The summed E-state index contributed by atoms with van der Waals surface area (Å²) in [6.07, 6.45) is 0. The molecule has 25 heavy (non-hydrogen) atoms. The molecule has 0 spiro atoms. The van der Waals surface area contributed by atoms with Crippen molar-refractivity contribution in [3.63, 3.8) is 0 Å². The minimum absolute atomic E-state index is 0.150. The Kier molecular flexibility index (Phi) is 6.14. The third-order valence-electron chi connectivity index (χ3n) is 3.65. The lowest BCUT2D eigenvalue weighted by Crippen LogP contribution is -2.21. The van der Waals surface area contributed by atoms with Gasteiger partial charge in [-0.2, -0.15) is 0 Å². The predicted molar refractivity (Wildman–Crippen MR) is 100 cm³/mol. The zero-order valence-electron chi connectivity index (χ0n) is 14.2. The van der Waals surface area contributed by atoms with E-state index in [0.29, 0.717) is 5.75 Å². The number of nitro benzene ring substituents is 1. The average Bonchev–Trinajstić information content (AvgIpc) is 2.55. The topological polar surface area (TPSA) is 81.5 Å². The Morgan fingerprint density at radius 2 is 2.00 bits per heavy atom. The van der Waals surface area contributed by atoms with Crippen LogP contribution < -0.4 is 10.1 Å². The monoisotopic (exact) mass is 406 g/mol. The number of ether oxygens (including phenoxy) is 1. The molecule has 6 nitrogen and oxygen atoms in total. The van der Waals surface area contributed by atoms with Gasteiger partial charge in [0.05, 0.1) is 4.92 Å². The van der Waals surface area contributed by atoms with E-state index >= 15 is 0 Å². The van der Waals surface area contributed by atoms with Gasteiger partial charge < -0.3 is 10.1 Å². The van der Waals surface area contributed by atoms with Crippen LogP contribution in [0.5, 0.6) is 5.75 Å². The third kappa shape index (κ3) is 4.79. The zero-order chi connectivity index (χ0) is 18.6. The molecule has 1 amide bonds. The van der Waals surface area contributed by atoms with Crippen LogP contribution in [0, 0.1) is 17.0 Å². The molecule has 0 aliphatic rings. The van der Waals surface area contributed by atoms with Crippen LogP contribution in [-0.4, -0.2) is 17.4 Å². The molecule has 7 heteroatoms. The predicted octanol–water partition coefficient (Wildman–Crippen LogP) is 4.81. The van der Waals surface area contributed by atoms with E-state index in [0.717, 1.165) is 15.6 Å². The summed E-state index contributed by atoms with van der Waals surface area (Å²) in [5.74, 6) is 0.406. The Morgan fingerprint density at radius 1 is 1.32 bits per heavy atom. The molecule has 132 valence electrons. The minimum atomic E-state index is -0.536. The molecule has 0 fully saturated rings. The molecule has 0 saturated heterocycles. The van der Waals surface area contributed by atoms with E-state index in [4.69, 9.17) is 4.74 Å². The van der Waals surface area contributed by atoms with Crippen LogP contribution in [0.1, 0.15) is 30.9 Å². The number of aryl methyl sites for hydroxylation is 1. The van der Waals surface area contributed by atoms with Gasteiger partial charge in [0.2, 0.25) is 0 Å². The second kappa shape index (κ2) is 8.11. The summed E-state index contributed by atoms with van der Waals surface area (Å²) in [6.45, 7) is 5.79. The number of amides is 1. The highest BCUT2D eigenvalue weighted by Gasteiger charge is 2.16. The van der Waals surface area contributed by atoms with Gasteiger partial charge >= 0.3 is 0 Å². The van der Waals surface area contributed by atoms with Crippen LogP contribution in [0.2, 0.25) is 0 Å². The van der Waals surface area contributed by atoms with Crippen LogP contribution in [0.15, 0.2) is 40.9 Å². The molecule has 2 aromatic carbocycles. The molecule has 0 aliphatic carbocycles. The Balaban J connectivity index is 2.11. The number of halogens is 1. The highest BCUT2D eigenvalue weighted by Crippen LogP contribution is 2.32. The fraction of sp³-hybridized carbons (Fsp3) is 0.278. The SMILES string of the molecule is Cc1cc(OCC(=O)Nc2ccccc2[N+](=O)[O-])c(C(C)C)cc1Br. The first-order valence-electron chi connectivity index (χ1n) is 7.75. The molecule has 2 rings (SSSR count). The molecule has 0 aromatic heterocycles. The quantitative estimate of drug-likeness (QED) is 0.551. The van der Waals surface area contributed by atoms with Crippen molar-refractivity contribution in [2.24, 2.45) is 0 Å². The van der Waals surface area contributed by atoms with Gasteiger partial charge in [0.25, 0.3) is 11.6 Å². The maximum atomic E-state index is 12.1. The maximum Gasteiger partial charge on any atom is 0.292 e. The summed E-state index contributed by atoms with van der Waals surface area (Å²) in [5, 5.41) is 13.5. The summed E-state index contributed by atoms with van der Waals surface area (Å²) in [7, 11) is 0. The standard InChI is InChI=1S/C18H19BrN2O4/c1-11(2)13-9-14(19)12(3)8-17(13)25-10-18(22)20-15-6-4-5-7-16(15)21(23)24/h4-9,11H,10H2,1-3H3,(H,20,22). The Morgan fingerprint density at radius 3 is 2.64 bits per heavy atom. The summed E-state index contributed by atoms with van der Waals surface area (Å²) >= 11 is 3.50. The fourth-order valence-electron chi connectivity index (χ4n) is 2.31. The number of benzene rings is 2. The van der Waals surface area contributed by atoms with Gasteiger partial charge in [0, 0.05) is 10.5 Å². The Labute approximate surface area is 154 Å². The molecule has 0 saturated carbocycles. The van der Waals surface area contributed by atoms with Crippen LogP contribution >= 0.6 is 15.9 Å². The lowest BCUT2D eigenvalue weighted by Gasteiger charge is -2.16. The van der Waals surface area contributed by atoms with Gasteiger partial charge in [-0.25, -0.2) is 0 Å². The van der Waals surface area contributed by atoms with E-state index in [1.54, 1.807) is 12.1 Å². The first-order chi connectivity index (χ1) is 11.8. The molecule has 0 radical (unpaired) electrons. The van der Waals surface area contributed by atoms with Crippen molar-refractivity contribution in [3.05, 3.63) is 62.1 Å². The lowest BCUT2D eigenvalue weighted by molar-refractivity contribution is -0.383. The van der Waals surface area contributed by atoms with Crippen molar-refractivity contribution in [2.45, 2.75) is 26.7 Å². The van der Waals surface area contributed by atoms with Crippen molar-refractivity contribution in [3.8, 4) is 5.75 Å². The number of para-hydroxylation sites is 2. The van der Waals surface area contributed by atoms with Gasteiger partial charge in [-0.15, -0.1) is 0 Å². The smallest absolute Gasteiger partial charge is 0.292 e. The first kappa shape index (κ1) is 18.9. The van der Waals surface area contributed by atoms with Gasteiger partial charge in [-0.05, 0) is 42.2 Å². The fourth-order valence-corrected chi connectivity index (χ4v) is 2.68. The van der Waals surface area contributed by atoms with Crippen LogP contribution in [0.4, 0.5) is 11.4 Å². The number of nitrogens with one attached hydrogen (secondary N) is 1. The highest BCUT2D eigenvalue weighted by molar-refractivity contribution is 9.10. The van der Waals surface area contributed by atoms with Crippen molar-refractivity contribution >= 4 is 33.2 Å². The van der Waals surface area contributed by atoms with E-state index in [2.05, 4.69) is 21.2 Å². The molecule has 0 atom stereocenters. The number of anilines is 1. The highest BCUT2D eigenvalue weighted by atomic mass is 79.9. The molecule has 0 unspecified atom stereocenters. The molecular weight excluding hydrogens is 388 g/mol. The molecule has 0 bridgehead atoms. The van der Waals surface area contributed by atoms with E-state index in [1.807, 2.05) is 32.9 Å². The molecule has 0 aliphatic heterocycles. The Bertz CT molecular complexity index is 806. The second-order valence-electron chi connectivity index (χ2n) is 5.91. The number of carbonyl (C=O) groups is 1. The Hall–Kier alpha value is -2.41. The summed E-state index contributed by atoms with van der Waals surface area (Å²) in [5.41, 5.74) is 1.98. The van der Waals surface area contributed by atoms with Gasteiger partial charge in [-0.1, -0.05) is 41.9 Å². The van der Waals surface area contributed by atoms with Gasteiger partial charge in [-0.3, -0.25) is 14.9 Å². The third-order valence-corrected chi connectivity index (χ3v) is 4.50. The first-order valence-corrected chi connectivity index (χ1v) is 8.55. The number of rotatable bonds is 6. The zero-order valence-corrected chi connectivity index (χ0v) is 15.8. The largest absolute Gasteiger partial charge is 0.483 e. The number of nitro groups is 1. The van der Waals surface area contributed by atoms with Crippen molar-refractivity contribution < 1.29 is 14.5 Å². The van der Waals surface area contributed by atoms with Crippen LogP contribution in [-0.2, 0) is 4.79 Å². The van der Waals surface area contributed by atoms with Crippen molar-refractivity contribution in [1.82, 2.24) is 0 Å². The average molecular weight is 407 g/mol. The minimum Gasteiger partial charge on any atom is -0.483 e. The van der Waals surface area contributed by atoms with E-state index in [-0.39, 0.29) is 23.9 Å². The number of hydrogen-bond acceptors (Lipinski definition) is 4. The number of carbonyl (C=O) groups excluding carboxylic acids is 1. The molecular formula is C18H19BrN2O4. The normalized spacial score (nSPS) is 10.6. The second-order valence-corrected chi connectivity index (χ2v) is 6.76. The number of nitrogens with zero attached hydrogens (tertiary/aromatic N) is 1. The van der Waals surface area contributed by atoms with Crippen LogP contribution in [0.3, 0.4) is 0 Å². The van der Waals surface area contributed by atoms with Crippen molar-refractivity contribution in [2.75, 3.05) is 11.9 Å². The number of hydrogen-bond donors (Lipinski definition) is 1. The molecule has 2 aromatic rings. The van der Waals surface area contributed by atoms with E-state index < -0.39 is 10.8 Å². The molecule has 1 N–H and O–H groups in total. The van der Waals surface area contributed by atoms with Crippen molar-refractivity contribution in [1.29, 1.82) is 0 Å². The van der Waals surface area contributed by atoms with E-state index in [9.17, 15) is 14.9 Å². The lowest BCUT2D eigenvalue weighted by atomic mass is 10.0.